The molecule has 0 aliphatic heterocycles. The SMILES string of the molecule is CC(=O)CCC(=O)Cl.CC(=O)CCC(=O)O. The standard InChI is InChI=1S/C5H7ClO2.C5H8O3/c1-4(7)2-3-5(6)8;1-4(6)2-3-5(7)8/h2-3H2,1H3;2-3H2,1H3,(H,7,8). The average molecular weight is 251 g/mol. The van der Waals surface area contributed by atoms with Gasteiger partial charge in [0.15, 0.2) is 0 Å². The molecule has 0 rings (SSSR count). The molecule has 0 saturated heterocycles. The molecule has 0 bridgehead atoms. The maximum Gasteiger partial charge on any atom is 0.303 e. The fourth-order valence-corrected chi connectivity index (χ4v) is 0.652. The molecular formula is C10H15ClO5. The highest BCUT2D eigenvalue weighted by Crippen LogP contribution is 1.94. The maximum absolute atomic E-state index is 10.1. The number of ketones is 2. The molecule has 0 aromatic carbocycles. The second-order valence-corrected chi connectivity index (χ2v) is 3.57. The number of halogens is 1. The van der Waals surface area contributed by atoms with E-state index in [1.165, 1.54) is 13.8 Å². The molecule has 1 N–H and O–H groups in total. The first-order valence-electron chi connectivity index (χ1n) is 4.64. The van der Waals surface area contributed by atoms with E-state index < -0.39 is 11.2 Å². The van der Waals surface area contributed by atoms with E-state index in [4.69, 9.17) is 16.7 Å². The molecule has 0 unspecified atom stereocenters. The molecule has 92 valence electrons. The molecule has 0 amide bonds. The minimum Gasteiger partial charge on any atom is -0.481 e. The quantitative estimate of drug-likeness (QED) is 0.723. The Morgan fingerprint density at radius 2 is 1.25 bits per heavy atom. The predicted octanol–water partition coefficient (Wildman–Crippen LogP) is 1.56. The maximum atomic E-state index is 10.1. The van der Waals surface area contributed by atoms with Crippen LogP contribution in [0.25, 0.3) is 0 Å². The van der Waals surface area contributed by atoms with Crippen LogP contribution in [0, 0.1) is 0 Å². The minimum atomic E-state index is -0.916. The van der Waals surface area contributed by atoms with Gasteiger partial charge in [0.1, 0.15) is 11.6 Å². The van der Waals surface area contributed by atoms with Crippen molar-refractivity contribution >= 4 is 34.4 Å². The van der Waals surface area contributed by atoms with Crippen molar-refractivity contribution in [3.8, 4) is 0 Å². The number of carboxylic acids is 1. The van der Waals surface area contributed by atoms with E-state index in [1.807, 2.05) is 0 Å². The van der Waals surface area contributed by atoms with Crippen molar-refractivity contribution in [1.82, 2.24) is 0 Å². The van der Waals surface area contributed by atoms with Gasteiger partial charge in [-0.1, -0.05) is 0 Å². The summed E-state index contributed by atoms with van der Waals surface area (Å²) in [6, 6.07) is 0. The van der Waals surface area contributed by atoms with E-state index in [0.717, 1.165) is 0 Å². The van der Waals surface area contributed by atoms with Gasteiger partial charge >= 0.3 is 5.97 Å². The van der Waals surface area contributed by atoms with E-state index in [2.05, 4.69) is 0 Å². The van der Waals surface area contributed by atoms with Gasteiger partial charge in [-0.05, 0) is 25.4 Å². The number of carbonyl (C=O) groups excluding carboxylic acids is 3. The topological polar surface area (TPSA) is 88.5 Å². The third kappa shape index (κ3) is 23.0. The van der Waals surface area contributed by atoms with Crippen molar-refractivity contribution in [1.29, 1.82) is 0 Å². The van der Waals surface area contributed by atoms with E-state index in [9.17, 15) is 19.2 Å². The molecule has 6 heteroatoms. The number of Topliss-reactive ketones (excluding diaryl/α,β-unsaturated/α-hetero) is 2. The Hall–Kier alpha value is -1.23. The summed E-state index contributed by atoms with van der Waals surface area (Å²) >= 11 is 4.93. The smallest absolute Gasteiger partial charge is 0.303 e. The lowest BCUT2D eigenvalue weighted by Gasteiger charge is -1.86. The summed E-state index contributed by atoms with van der Waals surface area (Å²) in [7, 11) is 0. The van der Waals surface area contributed by atoms with Gasteiger partial charge in [0.2, 0.25) is 5.24 Å². The first-order valence-corrected chi connectivity index (χ1v) is 5.02. The van der Waals surface area contributed by atoms with Gasteiger partial charge in [0.25, 0.3) is 0 Å². The largest absolute Gasteiger partial charge is 0.481 e. The second-order valence-electron chi connectivity index (χ2n) is 3.15. The average Bonchev–Trinajstić information content (AvgIpc) is 2.12. The van der Waals surface area contributed by atoms with Crippen LogP contribution in [0.2, 0.25) is 0 Å². The zero-order valence-corrected chi connectivity index (χ0v) is 10.0. The van der Waals surface area contributed by atoms with Crippen molar-refractivity contribution in [2.24, 2.45) is 0 Å². The number of carbonyl (C=O) groups is 4. The molecule has 0 aromatic heterocycles. The van der Waals surface area contributed by atoms with Gasteiger partial charge in [-0.2, -0.15) is 0 Å². The molecular weight excluding hydrogens is 236 g/mol. The summed E-state index contributed by atoms with van der Waals surface area (Å²) in [6.07, 6.45) is 0.532. The Kier molecular flexibility index (Phi) is 11.0. The summed E-state index contributed by atoms with van der Waals surface area (Å²) in [6.45, 7) is 2.81. The number of carboxylic acid groups (broad SMARTS) is 1. The Bertz CT molecular complexity index is 216. The van der Waals surface area contributed by atoms with Crippen molar-refractivity contribution in [3.05, 3.63) is 0 Å². The van der Waals surface area contributed by atoms with Crippen LogP contribution in [0.4, 0.5) is 0 Å². The number of rotatable bonds is 6. The molecule has 0 spiro atoms. The van der Waals surface area contributed by atoms with Gasteiger partial charge in [0, 0.05) is 19.3 Å². The Morgan fingerprint density at radius 1 is 0.875 bits per heavy atom. The zero-order chi connectivity index (χ0) is 13.1. The lowest BCUT2D eigenvalue weighted by molar-refractivity contribution is -0.138. The fraction of sp³-hybridized carbons (Fsp3) is 0.600. The zero-order valence-electron chi connectivity index (χ0n) is 9.29. The van der Waals surface area contributed by atoms with E-state index >= 15 is 0 Å². The summed E-state index contributed by atoms with van der Waals surface area (Å²) in [5, 5.41) is 7.57. The molecule has 0 saturated carbocycles. The molecule has 0 atom stereocenters. The van der Waals surface area contributed by atoms with Crippen molar-refractivity contribution in [3.63, 3.8) is 0 Å². The monoisotopic (exact) mass is 250 g/mol. The molecule has 0 radical (unpaired) electrons. The Labute approximate surface area is 98.8 Å². The molecule has 16 heavy (non-hydrogen) atoms. The first kappa shape index (κ1) is 17.2. The van der Waals surface area contributed by atoms with Gasteiger partial charge in [-0.3, -0.25) is 9.59 Å². The van der Waals surface area contributed by atoms with Crippen LogP contribution < -0.4 is 0 Å². The number of hydrogen-bond donors (Lipinski definition) is 1. The number of hydrogen-bond acceptors (Lipinski definition) is 4. The highest BCUT2D eigenvalue weighted by Gasteiger charge is 1.98. The van der Waals surface area contributed by atoms with Gasteiger partial charge < -0.3 is 14.7 Å². The Balaban J connectivity index is 0. The lowest BCUT2D eigenvalue weighted by Crippen LogP contribution is -1.98. The highest BCUT2D eigenvalue weighted by atomic mass is 35.5. The van der Waals surface area contributed by atoms with E-state index in [-0.39, 0.29) is 37.2 Å². The van der Waals surface area contributed by atoms with Gasteiger partial charge in [0.05, 0.1) is 6.42 Å². The molecule has 0 aliphatic carbocycles. The Morgan fingerprint density at radius 3 is 1.38 bits per heavy atom. The summed E-state index contributed by atoms with van der Waals surface area (Å²) in [4.78, 5) is 39.9. The lowest BCUT2D eigenvalue weighted by atomic mass is 10.2. The first-order chi connectivity index (χ1) is 7.25. The molecule has 0 fully saturated rings. The molecule has 0 aromatic rings. The van der Waals surface area contributed by atoms with Crippen LogP contribution in [0.1, 0.15) is 39.5 Å². The van der Waals surface area contributed by atoms with Crippen LogP contribution in [-0.2, 0) is 19.2 Å². The minimum absolute atomic E-state index is 0.000926. The summed E-state index contributed by atoms with van der Waals surface area (Å²) in [5.74, 6) is -0.994. The van der Waals surface area contributed by atoms with Gasteiger partial charge in [-0.25, -0.2) is 0 Å². The normalized spacial score (nSPS) is 8.69. The molecule has 5 nitrogen and oxygen atoms in total. The second kappa shape index (κ2) is 10.3. The van der Waals surface area contributed by atoms with Crippen molar-refractivity contribution in [2.75, 3.05) is 0 Å². The number of aliphatic carboxylic acids is 1. The van der Waals surface area contributed by atoms with Crippen LogP contribution in [0.5, 0.6) is 0 Å². The highest BCUT2D eigenvalue weighted by molar-refractivity contribution is 6.63. The van der Waals surface area contributed by atoms with Crippen LogP contribution in [-0.4, -0.2) is 27.9 Å². The third-order valence-electron chi connectivity index (χ3n) is 1.36. The van der Waals surface area contributed by atoms with Crippen LogP contribution in [0.3, 0.4) is 0 Å². The third-order valence-corrected chi connectivity index (χ3v) is 1.55. The summed E-state index contributed by atoms with van der Waals surface area (Å²) in [5.41, 5.74) is 0. The van der Waals surface area contributed by atoms with Gasteiger partial charge in [-0.15, -0.1) is 0 Å². The summed E-state index contributed by atoms with van der Waals surface area (Å²) < 4.78 is 0. The molecule has 0 aliphatic rings. The van der Waals surface area contributed by atoms with Crippen LogP contribution in [0.15, 0.2) is 0 Å². The predicted molar refractivity (Wildman–Crippen MR) is 58.3 cm³/mol. The van der Waals surface area contributed by atoms with Crippen molar-refractivity contribution < 1.29 is 24.3 Å². The van der Waals surface area contributed by atoms with Crippen molar-refractivity contribution in [2.45, 2.75) is 39.5 Å². The van der Waals surface area contributed by atoms with E-state index in [1.54, 1.807) is 0 Å². The van der Waals surface area contributed by atoms with Crippen LogP contribution >= 0.6 is 11.6 Å². The molecule has 0 heterocycles. The van der Waals surface area contributed by atoms with E-state index in [0.29, 0.717) is 0 Å². The fourth-order valence-electron chi connectivity index (χ4n) is 0.557.